The third-order valence-corrected chi connectivity index (χ3v) is 4.31. The Kier molecular flexibility index (Phi) is 2.91. The van der Waals surface area contributed by atoms with E-state index in [1.165, 1.54) is 38.5 Å². The van der Waals surface area contributed by atoms with Crippen LogP contribution in [0.15, 0.2) is 18.3 Å². The number of nitrogens with two attached hydrogens (primary N) is 1. The van der Waals surface area contributed by atoms with Crippen LogP contribution in [0, 0.1) is 5.92 Å². The molecule has 92 valence electrons. The topological polar surface area (TPSA) is 42.1 Å². The van der Waals surface area contributed by atoms with Gasteiger partial charge in [0, 0.05) is 12.6 Å². The van der Waals surface area contributed by atoms with Crippen molar-refractivity contribution in [1.29, 1.82) is 0 Å². The van der Waals surface area contributed by atoms with Crippen LogP contribution in [0.25, 0.3) is 0 Å². The van der Waals surface area contributed by atoms with Crippen molar-refractivity contribution in [1.82, 2.24) is 4.98 Å². The minimum Gasteiger partial charge on any atom is -0.397 e. The predicted octanol–water partition coefficient (Wildman–Crippen LogP) is 2.82. The van der Waals surface area contributed by atoms with Gasteiger partial charge in [-0.25, -0.2) is 4.98 Å². The van der Waals surface area contributed by atoms with E-state index in [0.29, 0.717) is 0 Å². The average Bonchev–Trinajstić information content (AvgIpc) is 3.00. The van der Waals surface area contributed by atoms with Crippen molar-refractivity contribution in [3.8, 4) is 0 Å². The van der Waals surface area contributed by atoms with Gasteiger partial charge in [0.05, 0.1) is 11.9 Å². The number of hydrogen-bond donors (Lipinski definition) is 1. The zero-order valence-corrected chi connectivity index (χ0v) is 10.3. The highest BCUT2D eigenvalue weighted by atomic mass is 15.2. The third kappa shape index (κ3) is 2.11. The van der Waals surface area contributed by atoms with Crippen LogP contribution in [-0.4, -0.2) is 17.6 Å². The minimum absolute atomic E-state index is 0.730. The highest BCUT2D eigenvalue weighted by molar-refractivity contribution is 5.47. The lowest BCUT2D eigenvalue weighted by Crippen LogP contribution is -2.35. The lowest BCUT2D eigenvalue weighted by atomic mass is 9.96. The number of anilines is 2. The predicted molar refractivity (Wildman–Crippen MR) is 71.0 cm³/mol. The summed E-state index contributed by atoms with van der Waals surface area (Å²) in [4.78, 5) is 6.99. The Morgan fingerprint density at radius 3 is 2.65 bits per heavy atom. The Hall–Kier alpha value is -1.25. The maximum absolute atomic E-state index is 5.70. The number of pyridine rings is 1. The van der Waals surface area contributed by atoms with Crippen molar-refractivity contribution in [2.24, 2.45) is 5.92 Å². The van der Waals surface area contributed by atoms with E-state index in [1.807, 2.05) is 6.07 Å². The number of nitrogens with zero attached hydrogens (tertiary/aromatic N) is 2. The van der Waals surface area contributed by atoms with Crippen LogP contribution in [0.5, 0.6) is 0 Å². The molecule has 1 aromatic heterocycles. The standard InChI is InChI=1S/C14H21N3/c15-12-7-8-14(16-10-12)17-9-3-6-13(17)11-4-1-2-5-11/h7-8,10-11,13H,1-6,9,15H2. The van der Waals surface area contributed by atoms with E-state index < -0.39 is 0 Å². The fourth-order valence-electron chi connectivity index (χ4n) is 3.48. The largest absolute Gasteiger partial charge is 0.397 e. The maximum atomic E-state index is 5.70. The molecule has 2 heterocycles. The van der Waals surface area contributed by atoms with Gasteiger partial charge in [-0.05, 0) is 43.7 Å². The molecule has 0 amide bonds. The molecule has 17 heavy (non-hydrogen) atoms. The van der Waals surface area contributed by atoms with Crippen molar-refractivity contribution in [3.63, 3.8) is 0 Å². The van der Waals surface area contributed by atoms with Gasteiger partial charge in [0.2, 0.25) is 0 Å². The third-order valence-electron chi connectivity index (χ3n) is 4.31. The van der Waals surface area contributed by atoms with Crippen LogP contribution < -0.4 is 10.6 Å². The summed E-state index contributed by atoms with van der Waals surface area (Å²) in [6.07, 6.45) is 10.1. The van der Waals surface area contributed by atoms with Gasteiger partial charge < -0.3 is 10.6 Å². The van der Waals surface area contributed by atoms with E-state index in [4.69, 9.17) is 5.73 Å². The second-order valence-corrected chi connectivity index (χ2v) is 5.40. The van der Waals surface area contributed by atoms with Gasteiger partial charge in [-0.2, -0.15) is 0 Å². The van der Waals surface area contributed by atoms with E-state index >= 15 is 0 Å². The van der Waals surface area contributed by atoms with Crippen LogP contribution in [0.3, 0.4) is 0 Å². The first-order valence-corrected chi connectivity index (χ1v) is 6.83. The summed E-state index contributed by atoms with van der Waals surface area (Å²) >= 11 is 0. The Morgan fingerprint density at radius 2 is 1.94 bits per heavy atom. The molecule has 1 aliphatic carbocycles. The summed E-state index contributed by atoms with van der Waals surface area (Å²) in [5, 5.41) is 0. The Bertz CT molecular complexity index is 368. The van der Waals surface area contributed by atoms with Crippen molar-refractivity contribution >= 4 is 11.5 Å². The fraction of sp³-hybridized carbons (Fsp3) is 0.643. The summed E-state index contributed by atoms with van der Waals surface area (Å²) in [6.45, 7) is 1.16. The Morgan fingerprint density at radius 1 is 1.12 bits per heavy atom. The number of aromatic nitrogens is 1. The Balaban J connectivity index is 1.78. The van der Waals surface area contributed by atoms with Crippen molar-refractivity contribution in [3.05, 3.63) is 18.3 Å². The van der Waals surface area contributed by atoms with Crippen LogP contribution in [-0.2, 0) is 0 Å². The summed E-state index contributed by atoms with van der Waals surface area (Å²) in [5.41, 5.74) is 6.46. The average molecular weight is 231 g/mol. The van der Waals surface area contributed by atoms with Crippen molar-refractivity contribution < 1.29 is 0 Å². The molecule has 3 heteroatoms. The van der Waals surface area contributed by atoms with E-state index in [2.05, 4.69) is 16.0 Å². The second kappa shape index (κ2) is 4.55. The first-order chi connectivity index (χ1) is 8.34. The smallest absolute Gasteiger partial charge is 0.128 e. The molecule has 0 aromatic carbocycles. The van der Waals surface area contributed by atoms with Crippen LogP contribution in [0.4, 0.5) is 11.5 Å². The first kappa shape index (κ1) is 10.9. The van der Waals surface area contributed by atoms with E-state index in [-0.39, 0.29) is 0 Å². The van der Waals surface area contributed by atoms with Crippen LogP contribution >= 0.6 is 0 Å². The fourth-order valence-corrected chi connectivity index (χ4v) is 3.48. The summed E-state index contributed by atoms with van der Waals surface area (Å²) in [5.74, 6) is 2.02. The molecule has 1 unspecified atom stereocenters. The Labute approximate surface area is 103 Å². The maximum Gasteiger partial charge on any atom is 0.128 e. The zero-order chi connectivity index (χ0) is 11.7. The molecule has 2 fully saturated rings. The quantitative estimate of drug-likeness (QED) is 0.851. The normalized spacial score (nSPS) is 25.6. The van der Waals surface area contributed by atoms with Crippen LogP contribution in [0.1, 0.15) is 38.5 Å². The molecule has 3 rings (SSSR count). The molecule has 0 spiro atoms. The molecule has 2 aliphatic rings. The minimum atomic E-state index is 0.730. The van der Waals surface area contributed by atoms with Gasteiger partial charge in [-0.1, -0.05) is 12.8 Å². The summed E-state index contributed by atoms with van der Waals surface area (Å²) < 4.78 is 0. The molecule has 1 saturated heterocycles. The van der Waals surface area contributed by atoms with E-state index in [1.54, 1.807) is 6.20 Å². The number of nitrogen functional groups attached to an aromatic ring is 1. The lowest BCUT2D eigenvalue weighted by molar-refractivity contribution is 0.429. The molecule has 1 aromatic rings. The SMILES string of the molecule is Nc1ccc(N2CCCC2C2CCCC2)nc1. The molecule has 2 N–H and O–H groups in total. The van der Waals surface area contributed by atoms with E-state index in [0.717, 1.165) is 30.0 Å². The molecular weight excluding hydrogens is 210 g/mol. The lowest BCUT2D eigenvalue weighted by Gasteiger charge is -2.30. The van der Waals surface area contributed by atoms with Crippen molar-refractivity contribution in [2.45, 2.75) is 44.6 Å². The van der Waals surface area contributed by atoms with E-state index in [9.17, 15) is 0 Å². The number of hydrogen-bond acceptors (Lipinski definition) is 3. The van der Waals surface area contributed by atoms with Gasteiger partial charge in [-0.3, -0.25) is 0 Å². The van der Waals surface area contributed by atoms with Crippen molar-refractivity contribution in [2.75, 3.05) is 17.2 Å². The molecule has 0 radical (unpaired) electrons. The summed E-state index contributed by atoms with van der Waals surface area (Å²) in [6, 6.07) is 4.77. The summed E-state index contributed by atoms with van der Waals surface area (Å²) in [7, 11) is 0. The van der Waals surface area contributed by atoms with Gasteiger partial charge in [-0.15, -0.1) is 0 Å². The highest BCUT2D eigenvalue weighted by Gasteiger charge is 2.33. The number of rotatable bonds is 2. The van der Waals surface area contributed by atoms with Gasteiger partial charge in [0.25, 0.3) is 0 Å². The second-order valence-electron chi connectivity index (χ2n) is 5.40. The van der Waals surface area contributed by atoms with Gasteiger partial charge in [0.1, 0.15) is 5.82 Å². The molecular formula is C14H21N3. The molecule has 0 bridgehead atoms. The van der Waals surface area contributed by atoms with Gasteiger partial charge >= 0.3 is 0 Å². The van der Waals surface area contributed by atoms with Crippen LogP contribution in [0.2, 0.25) is 0 Å². The van der Waals surface area contributed by atoms with Gasteiger partial charge in [0.15, 0.2) is 0 Å². The molecule has 1 saturated carbocycles. The first-order valence-electron chi connectivity index (χ1n) is 6.83. The molecule has 1 aliphatic heterocycles. The molecule has 3 nitrogen and oxygen atoms in total. The molecule has 1 atom stereocenters. The zero-order valence-electron chi connectivity index (χ0n) is 10.3. The monoisotopic (exact) mass is 231 g/mol. The highest BCUT2D eigenvalue weighted by Crippen LogP contribution is 2.37.